The molecule has 1 N–H and O–H groups in total. The van der Waals surface area contributed by atoms with Gasteiger partial charge in [-0.3, -0.25) is 0 Å². The summed E-state index contributed by atoms with van der Waals surface area (Å²) in [6, 6.07) is 17.1. The lowest BCUT2D eigenvalue weighted by atomic mass is 10.1. The minimum atomic E-state index is 0.829. The molecule has 21 heavy (non-hydrogen) atoms. The molecule has 3 heteroatoms. The summed E-state index contributed by atoms with van der Waals surface area (Å²) in [7, 11) is 0. The first-order valence-corrected chi connectivity index (χ1v) is 7.25. The van der Waals surface area contributed by atoms with Crippen LogP contribution in [0.3, 0.4) is 0 Å². The molecule has 0 aliphatic carbocycles. The van der Waals surface area contributed by atoms with Crippen molar-refractivity contribution in [3.8, 4) is 5.69 Å². The van der Waals surface area contributed by atoms with Crippen LogP contribution in [-0.4, -0.2) is 9.55 Å². The zero-order valence-corrected chi connectivity index (χ0v) is 12.2. The van der Waals surface area contributed by atoms with Crippen LogP contribution in [0, 0.1) is 0 Å². The second-order valence-electron chi connectivity index (χ2n) is 5.04. The van der Waals surface area contributed by atoms with Crippen LogP contribution < -0.4 is 5.32 Å². The first-order valence-electron chi connectivity index (χ1n) is 7.25. The Balaban J connectivity index is 1.62. The number of rotatable bonds is 5. The highest BCUT2D eigenvalue weighted by Crippen LogP contribution is 2.13. The smallest absolute Gasteiger partial charge is 0.0991 e. The molecule has 0 aliphatic heterocycles. The van der Waals surface area contributed by atoms with Crippen LogP contribution in [0.15, 0.2) is 67.3 Å². The van der Waals surface area contributed by atoms with Crippen LogP contribution in [-0.2, 0) is 13.0 Å². The standard InChI is InChI=1S/C18H19N3/c1-2-15-3-7-17(8-4-15)20-13-16-5-9-18(10-6-16)21-12-11-19-14-21/h3-12,14,20H,2,13H2,1H3. The van der Waals surface area contributed by atoms with Gasteiger partial charge >= 0.3 is 0 Å². The SMILES string of the molecule is CCc1ccc(NCc2ccc(-n3ccnc3)cc2)cc1. The molecule has 1 heterocycles. The highest BCUT2D eigenvalue weighted by molar-refractivity contribution is 5.45. The normalized spacial score (nSPS) is 10.5. The van der Waals surface area contributed by atoms with E-state index in [0.29, 0.717) is 0 Å². The summed E-state index contributed by atoms with van der Waals surface area (Å²) in [5.74, 6) is 0. The maximum Gasteiger partial charge on any atom is 0.0991 e. The van der Waals surface area contributed by atoms with Crippen molar-refractivity contribution in [2.45, 2.75) is 19.9 Å². The summed E-state index contributed by atoms with van der Waals surface area (Å²) >= 11 is 0. The van der Waals surface area contributed by atoms with Gasteiger partial charge < -0.3 is 9.88 Å². The first kappa shape index (κ1) is 13.4. The molecule has 0 unspecified atom stereocenters. The maximum absolute atomic E-state index is 4.06. The second kappa shape index (κ2) is 6.27. The molecule has 0 aliphatic rings. The summed E-state index contributed by atoms with van der Waals surface area (Å²) in [5.41, 5.74) is 4.91. The predicted octanol–water partition coefficient (Wildman–Crippen LogP) is 4.05. The average Bonchev–Trinajstić information content (AvgIpc) is 3.08. The van der Waals surface area contributed by atoms with Crippen LogP contribution in [0.5, 0.6) is 0 Å². The molecule has 0 spiro atoms. The number of hydrogen-bond acceptors (Lipinski definition) is 2. The van der Waals surface area contributed by atoms with Crippen LogP contribution in [0.2, 0.25) is 0 Å². The molecule has 0 radical (unpaired) electrons. The van der Waals surface area contributed by atoms with Crippen molar-refractivity contribution in [2.75, 3.05) is 5.32 Å². The van der Waals surface area contributed by atoms with E-state index in [2.05, 4.69) is 65.8 Å². The van der Waals surface area contributed by atoms with Crippen molar-refractivity contribution in [3.05, 3.63) is 78.4 Å². The predicted molar refractivity (Wildman–Crippen MR) is 86.7 cm³/mol. The number of aromatic nitrogens is 2. The van der Waals surface area contributed by atoms with E-state index in [0.717, 1.165) is 24.3 Å². The molecular formula is C18H19N3. The Hall–Kier alpha value is -2.55. The molecular weight excluding hydrogens is 258 g/mol. The van der Waals surface area contributed by atoms with E-state index in [9.17, 15) is 0 Å². The molecule has 0 saturated heterocycles. The zero-order chi connectivity index (χ0) is 14.5. The Kier molecular flexibility index (Phi) is 4.01. The van der Waals surface area contributed by atoms with Gasteiger partial charge in [-0.05, 0) is 41.8 Å². The fourth-order valence-corrected chi connectivity index (χ4v) is 2.26. The van der Waals surface area contributed by atoms with Crippen LogP contribution in [0.25, 0.3) is 5.69 Å². The maximum atomic E-state index is 4.06. The fraction of sp³-hybridized carbons (Fsp3) is 0.167. The van der Waals surface area contributed by atoms with Gasteiger partial charge in [-0.1, -0.05) is 31.2 Å². The van der Waals surface area contributed by atoms with Gasteiger partial charge in [-0.15, -0.1) is 0 Å². The van der Waals surface area contributed by atoms with E-state index in [1.165, 1.54) is 11.1 Å². The summed E-state index contributed by atoms with van der Waals surface area (Å²) in [4.78, 5) is 4.06. The third kappa shape index (κ3) is 3.31. The zero-order valence-electron chi connectivity index (χ0n) is 12.2. The van der Waals surface area contributed by atoms with Crippen molar-refractivity contribution in [1.82, 2.24) is 9.55 Å². The minimum Gasteiger partial charge on any atom is -0.381 e. The number of nitrogens with one attached hydrogen (secondary N) is 1. The molecule has 3 rings (SSSR count). The van der Waals surface area contributed by atoms with Gasteiger partial charge in [-0.2, -0.15) is 0 Å². The topological polar surface area (TPSA) is 29.9 Å². The van der Waals surface area contributed by atoms with Gasteiger partial charge in [0.2, 0.25) is 0 Å². The average molecular weight is 277 g/mol. The van der Waals surface area contributed by atoms with Gasteiger partial charge in [-0.25, -0.2) is 4.98 Å². The first-order chi connectivity index (χ1) is 10.3. The van der Waals surface area contributed by atoms with Crippen molar-refractivity contribution in [3.63, 3.8) is 0 Å². The Morgan fingerprint density at radius 3 is 2.29 bits per heavy atom. The second-order valence-corrected chi connectivity index (χ2v) is 5.04. The van der Waals surface area contributed by atoms with Crippen molar-refractivity contribution in [1.29, 1.82) is 0 Å². The summed E-state index contributed by atoms with van der Waals surface area (Å²) < 4.78 is 2.00. The lowest BCUT2D eigenvalue weighted by Gasteiger charge is -2.08. The van der Waals surface area contributed by atoms with Crippen molar-refractivity contribution < 1.29 is 0 Å². The molecule has 0 atom stereocenters. The van der Waals surface area contributed by atoms with Crippen LogP contribution in [0.4, 0.5) is 5.69 Å². The highest BCUT2D eigenvalue weighted by Gasteiger charge is 1.97. The Bertz CT molecular complexity index is 667. The lowest BCUT2D eigenvalue weighted by Crippen LogP contribution is -2.00. The van der Waals surface area contributed by atoms with Gasteiger partial charge in [0.15, 0.2) is 0 Å². The van der Waals surface area contributed by atoms with Gasteiger partial charge in [0.25, 0.3) is 0 Å². The van der Waals surface area contributed by atoms with E-state index >= 15 is 0 Å². The summed E-state index contributed by atoms with van der Waals surface area (Å²) in [6.07, 6.45) is 6.62. The van der Waals surface area contributed by atoms with E-state index in [4.69, 9.17) is 0 Å². The summed E-state index contributed by atoms with van der Waals surface area (Å²) in [6.45, 7) is 3.00. The van der Waals surface area contributed by atoms with E-state index in [1.54, 1.807) is 6.20 Å². The largest absolute Gasteiger partial charge is 0.381 e. The molecule has 3 aromatic rings. The molecule has 0 amide bonds. The molecule has 1 aromatic heterocycles. The van der Waals surface area contributed by atoms with E-state index in [-0.39, 0.29) is 0 Å². The van der Waals surface area contributed by atoms with E-state index in [1.807, 2.05) is 17.1 Å². The molecule has 106 valence electrons. The highest BCUT2D eigenvalue weighted by atomic mass is 15.0. The van der Waals surface area contributed by atoms with Crippen molar-refractivity contribution in [2.24, 2.45) is 0 Å². The van der Waals surface area contributed by atoms with E-state index < -0.39 is 0 Å². The minimum absolute atomic E-state index is 0.829. The fourth-order valence-electron chi connectivity index (χ4n) is 2.26. The quantitative estimate of drug-likeness (QED) is 0.762. The summed E-state index contributed by atoms with van der Waals surface area (Å²) in [5, 5.41) is 3.45. The van der Waals surface area contributed by atoms with Crippen molar-refractivity contribution >= 4 is 5.69 Å². The molecule has 2 aromatic carbocycles. The Morgan fingerprint density at radius 2 is 1.67 bits per heavy atom. The van der Waals surface area contributed by atoms with Crippen LogP contribution >= 0.6 is 0 Å². The van der Waals surface area contributed by atoms with Crippen LogP contribution in [0.1, 0.15) is 18.1 Å². The molecule has 0 fully saturated rings. The third-order valence-electron chi connectivity index (χ3n) is 3.60. The number of anilines is 1. The third-order valence-corrected chi connectivity index (χ3v) is 3.60. The molecule has 0 bridgehead atoms. The van der Waals surface area contributed by atoms with Gasteiger partial charge in [0.05, 0.1) is 6.33 Å². The van der Waals surface area contributed by atoms with Gasteiger partial charge in [0, 0.05) is 30.3 Å². The monoisotopic (exact) mass is 277 g/mol. The number of aryl methyl sites for hydroxylation is 1. The molecule has 3 nitrogen and oxygen atoms in total. The number of nitrogens with zero attached hydrogens (tertiary/aromatic N) is 2. The number of benzene rings is 2. The lowest BCUT2D eigenvalue weighted by molar-refractivity contribution is 1.05. The molecule has 0 saturated carbocycles. The Morgan fingerprint density at radius 1 is 0.952 bits per heavy atom. The number of imidazole rings is 1. The Labute approximate surface area is 125 Å². The number of hydrogen-bond donors (Lipinski definition) is 1. The van der Waals surface area contributed by atoms with Gasteiger partial charge in [0.1, 0.15) is 0 Å².